The number of carbonyl (C=O) groups is 1. The minimum atomic E-state index is -0.527. The van der Waals surface area contributed by atoms with Crippen molar-refractivity contribution in [2.24, 2.45) is 0 Å². The van der Waals surface area contributed by atoms with Crippen LogP contribution in [-0.2, 0) is 4.79 Å². The number of phenols is 1. The summed E-state index contributed by atoms with van der Waals surface area (Å²) in [5.41, 5.74) is 1.80. The van der Waals surface area contributed by atoms with E-state index in [0.29, 0.717) is 16.4 Å². The molecule has 0 aliphatic rings. The van der Waals surface area contributed by atoms with Crippen molar-refractivity contribution in [1.82, 2.24) is 9.78 Å². The largest absolute Gasteiger partial charge is 0.506 e. The summed E-state index contributed by atoms with van der Waals surface area (Å²) in [5, 5.41) is 17.1. The first-order valence-electron chi connectivity index (χ1n) is 6.22. The van der Waals surface area contributed by atoms with Crippen molar-refractivity contribution in [2.45, 2.75) is 26.8 Å². The van der Waals surface area contributed by atoms with Crippen LogP contribution in [0, 0.1) is 13.8 Å². The van der Waals surface area contributed by atoms with Gasteiger partial charge in [0.25, 0.3) is 0 Å². The van der Waals surface area contributed by atoms with Crippen LogP contribution in [0.4, 0.5) is 5.69 Å². The zero-order valence-corrected chi connectivity index (χ0v) is 12.3. The second-order valence-electron chi connectivity index (χ2n) is 4.61. The average molecular weight is 294 g/mol. The van der Waals surface area contributed by atoms with Gasteiger partial charge in [0.05, 0.1) is 22.1 Å². The Bertz CT molecular complexity index is 652. The fourth-order valence-electron chi connectivity index (χ4n) is 1.95. The van der Waals surface area contributed by atoms with Gasteiger partial charge >= 0.3 is 0 Å². The molecule has 1 aromatic carbocycles. The van der Waals surface area contributed by atoms with E-state index < -0.39 is 6.04 Å². The standard InChI is InChI=1S/C14H16ClN3O2/c1-8-13(15)9(2)18(17-8)10(3)14(20)16-11-6-4-5-7-12(11)19/h4-7,10,19H,1-3H3,(H,16,20). The molecule has 0 saturated carbocycles. The lowest BCUT2D eigenvalue weighted by Gasteiger charge is -2.15. The number of phenolic OH excluding ortho intramolecular Hbond substituents is 1. The number of nitrogens with one attached hydrogen (secondary N) is 1. The summed E-state index contributed by atoms with van der Waals surface area (Å²) in [6.45, 7) is 5.33. The maximum absolute atomic E-state index is 12.2. The van der Waals surface area contributed by atoms with Gasteiger partial charge in [-0.2, -0.15) is 5.10 Å². The van der Waals surface area contributed by atoms with E-state index in [1.165, 1.54) is 6.07 Å². The number of aromatic hydroxyl groups is 1. The van der Waals surface area contributed by atoms with Crippen molar-refractivity contribution in [1.29, 1.82) is 0 Å². The van der Waals surface area contributed by atoms with Crippen LogP contribution in [0.25, 0.3) is 0 Å². The maximum atomic E-state index is 12.2. The van der Waals surface area contributed by atoms with E-state index in [2.05, 4.69) is 10.4 Å². The van der Waals surface area contributed by atoms with Gasteiger partial charge in [0.2, 0.25) is 5.91 Å². The molecule has 1 unspecified atom stereocenters. The number of rotatable bonds is 3. The summed E-state index contributed by atoms with van der Waals surface area (Å²) in [6.07, 6.45) is 0. The van der Waals surface area contributed by atoms with Crippen LogP contribution in [0.3, 0.4) is 0 Å². The SMILES string of the molecule is Cc1nn(C(C)C(=O)Nc2ccccc2O)c(C)c1Cl. The van der Waals surface area contributed by atoms with Gasteiger partial charge in [-0.1, -0.05) is 23.7 Å². The minimum absolute atomic E-state index is 0.0273. The lowest BCUT2D eigenvalue weighted by atomic mass is 10.2. The Labute approximate surface area is 122 Å². The number of hydrogen-bond donors (Lipinski definition) is 2. The second-order valence-corrected chi connectivity index (χ2v) is 4.99. The third-order valence-electron chi connectivity index (χ3n) is 3.14. The molecular formula is C14H16ClN3O2. The molecule has 2 aromatic rings. The number of carbonyl (C=O) groups excluding carboxylic acids is 1. The highest BCUT2D eigenvalue weighted by molar-refractivity contribution is 6.31. The summed E-state index contributed by atoms with van der Waals surface area (Å²) in [6, 6.07) is 6.05. The molecule has 0 saturated heterocycles. The number of anilines is 1. The van der Waals surface area contributed by atoms with Gasteiger partial charge in [0.15, 0.2) is 0 Å². The quantitative estimate of drug-likeness (QED) is 0.855. The normalized spacial score (nSPS) is 12.2. The van der Waals surface area contributed by atoms with E-state index in [9.17, 15) is 9.90 Å². The Hall–Kier alpha value is -2.01. The van der Waals surface area contributed by atoms with Crippen molar-refractivity contribution in [2.75, 3.05) is 5.32 Å². The van der Waals surface area contributed by atoms with Crippen LogP contribution in [0.15, 0.2) is 24.3 Å². The highest BCUT2D eigenvalue weighted by Crippen LogP contribution is 2.25. The van der Waals surface area contributed by atoms with Gasteiger partial charge in [0.1, 0.15) is 11.8 Å². The molecule has 1 heterocycles. The topological polar surface area (TPSA) is 67.2 Å². The van der Waals surface area contributed by atoms with Gasteiger partial charge < -0.3 is 10.4 Å². The minimum Gasteiger partial charge on any atom is -0.506 e. The van der Waals surface area contributed by atoms with Crippen LogP contribution in [0.1, 0.15) is 24.4 Å². The van der Waals surface area contributed by atoms with Gasteiger partial charge in [-0.3, -0.25) is 9.48 Å². The zero-order valence-electron chi connectivity index (χ0n) is 11.5. The predicted molar refractivity (Wildman–Crippen MR) is 78.2 cm³/mol. The molecule has 0 bridgehead atoms. The fraction of sp³-hybridized carbons (Fsp3) is 0.286. The van der Waals surface area contributed by atoms with E-state index in [1.807, 2.05) is 6.92 Å². The molecule has 0 spiro atoms. The molecule has 2 N–H and O–H groups in total. The Morgan fingerprint density at radius 3 is 2.60 bits per heavy atom. The van der Waals surface area contributed by atoms with Gasteiger partial charge in [-0.05, 0) is 32.9 Å². The van der Waals surface area contributed by atoms with E-state index in [-0.39, 0.29) is 11.7 Å². The Morgan fingerprint density at radius 2 is 2.05 bits per heavy atom. The molecule has 0 aliphatic heterocycles. The number of para-hydroxylation sites is 2. The van der Waals surface area contributed by atoms with Crippen LogP contribution in [0.2, 0.25) is 5.02 Å². The Morgan fingerprint density at radius 1 is 1.40 bits per heavy atom. The lowest BCUT2D eigenvalue weighted by Crippen LogP contribution is -2.25. The van der Waals surface area contributed by atoms with Crippen LogP contribution in [0.5, 0.6) is 5.75 Å². The molecule has 1 atom stereocenters. The van der Waals surface area contributed by atoms with Crippen LogP contribution in [-0.4, -0.2) is 20.8 Å². The fourth-order valence-corrected chi connectivity index (χ4v) is 2.07. The van der Waals surface area contributed by atoms with Crippen LogP contribution < -0.4 is 5.32 Å². The van der Waals surface area contributed by atoms with E-state index in [1.54, 1.807) is 36.7 Å². The highest BCUT2D eigenvalue weighted by Gasteiger charge is 2.21. The predicted octanol–water partition coefficient (Wildman–Crippen LogP) is 3.06. The summed E-state index contributed by atoms with van der Waals surface area (Å²) < 4.78 is 1.58. The number of aryl methyl sites for hydroxylation is 1. The van der Waals surface area contributed by atoms with Crippen molar-refractivity contribution in [3.63, 3.8) is 0 Å². The van der Waals surface area contributed by atoms with E-state index in [4.69, 9.17) is 11.6 Å². The number of aromatic nitrogens is 2. The number of nitrogens with zero attached hydrogens (tertiary/aromatic N) is 2. The van der Waals surface area contributed by atoms with Crippen LogP contribution >= 0.6 is 11.6 Å². The second kappa shape index (κ2) is 5.54. The molecule has 20 heavy (non-hydrogen) atoms. The lowest BCUT2D eigenvalue weighted by molar-refractivity contribution is -0.119. The van der Waals surface area contributed by atoms with Crippen molar-refractivity contribution in [3.8, 4) is 5.75 Å². The Kier molecular flexibility index (Phi) is 3.99. The number of hydrogen-bond acceptors (Lipinski definition) is 3. The summed E-state index contributed by atoms with van der Waals surface area (Å²) in [4.78, 5) is 12.2. The summed E-state index contributed by atoms with van der Waals surface area (Å²) in [7, 11) is 0. The Balaban J connectivity index is 2.21. The zero-order chi connectivity index (χ0) is 14.9. The first-order valence-corrected chi connectivity index (χ1v) is 6.59. The monoisotopic (exact) mass is 293 g/mol. The molecule has 106 valence electrons. The average Bonchev–Trinajstić information content (AvgIpc) is 2.68. The molecular weight excluding hydrogens is 278 g/mol. The molecule has 2 rings (SSSR count). The number of benzene rings is 1. The summed E-state index contributed by atoms with van der Waals surface area (Å²) in [5.74, 6) is -0.242. The maximum Gasteiger partial charge on any atom is 0.249 e. The van der Waals surface area contributed by atoms with Crippen molar-refractivity contribution in [3.05, 3.63) is 40.7 Å². The number of halogens is 1. The smallest absolute Gasteiger partial charge is 0.249 e. The van der Waals surface area contributed by atoms with E-state index >= 15 is 0 Å². The first kappa shape index (κ1) is 14.4. The molecule has 0 aliphatic carbocycles. The first-order chi connectivity index (χ1) is 9.41. The molecule has 1 amide bonds. The van der Waals surface area contributed by atoms with Crippen molar-refractivity contribution >= 4 is 23.2 Å². The van der Waals surface area contributed by atoms with Gasteiger partial charge in [-0.25, -0.2) is 0 Å². The van der Waals surface area contributed by atoms with E-state index in [0.717, 1.165) is 5.69 Å². The summed E-state index contributed by atoms with van der Waals surface area (Å²) >= 11 is 6.08. The van der Waals surface area contributed by atoms with Crippen molar-refractivity contribution < 1.29 is 9.90 Å². The van der Waals surface area contributed by atoms with Gasteiger partial charge in [-0.15, -0.1) is 0 Å². The molecule has 1 aromatic heterocycles. The third kappa shape index (κ3) is 2.63. The molecule has 0 radical (unpaired) electrons. The molecule has 5 nitrogen and oxygen atoms in total. The molecule has 6 heteroatoms. The highest BCUT2D eigenvalue weighted by atomic mass is 35.5. The third-order valence-corrected chi connectivity index (χ3v) is 3.69. The number of amides is 1. The van der Waals surface area contributed by atoms with Gasteiger partial charge in [0, 0.05) is 0 Å². The molecule has 0 fully saturated rings.